The van der Waals surface area contributed by atoms with Gasteiger partial charge in [0.15, 0.2) is 0 Å². The number of rotatable bonds is 3. The molecule has 21 heavy (non-hydrogen) atoms. The molecule has 0 saturated heterocycles. The number of para-hydroxylation sites is 1. The zero-order valence-electron chi connectivity index (χ0n) is 12.8. The quantitative estimate of drug-likeness (QED) is 0.798. The lowest BCUT2D eigenvalue weighted by atomic mass is 9.94. The number of hydrogen-bond acceptors (Lipinski definition) is 2. The van der Waals surface area contributed by atoms with Crippen LogP contribution in [0.15, 0.2) is 42.5 Å². The summed E-state index contributed by atoms with van der Waals surface area (Å²) < 4.78 is 1.91. The standard InChI is InChI=1S/C18H21N3/c1-12-7-6-8-13(2)15(12)11-16(19)18-14-9-4-5-10-17(14)21(3)20-18/h4-10,16H,11,19H2,1-3H3. The molecule has 2 N–H and O–H groups in total. The maximum Gasteiger partial charge on any atom is 0.0873 e. The molecule has 1 heterocycles. The summed E-state index contributed by atoms with van der Waals surface area (Å²) in [5.41, 5.74) is 12.5. The number of hydrogen-bond donors (Lipinski definition) is 1. The van der Waals surface area contributed by atoms with Crippen LogP contribution in [0.5, 0.6) is 0 Å². The molecule has 0 bridgehead atoms. The molecule has 3 nitrogen and oxygen atoms in total. The Bertz CT molecular complexity index is 766. The molecule has 3 aromatic rings. The third kappa shape index (κ3) is 2.45. The number of aromatic nitrogens is 2. The fourth-order valence-electron chi connectivity index (χ4n) is 3.00. The average molecular weight is 279 g/mol. The number of fused-ring (bicyclic) bond motifs is 1. The Labute approximate surface area is 125 Å². The minimum atomic E-state index is -0.0871. The van der Waals surface area contributed by atoms with E-state index in [4.69, 9.17) is 5.73 Å². The van der Waals surface area contributed by atoms with Gasteiger partial charge >= 0.3 is 0 Å². The lowest BCUT2D eigenvalue weighted by molar-refractivity contribution is 0.662. The van der Waals surface area contributed by atoms with E-state index >= 15 is 0 Å². The Hall–Kier alpha value is -2.13. The molecule has 1 atom stereocenters. The van der Waals surface area contributed by atoms with Gasteiger partial charge in [-0.05, 0) is 43.0 Å². The maximum atomic E-state index is 6.47. The van der Waals surface area contributed by atoms with Crippen molar-refractivity contribution in [2.75, 3.05) is 0 Å². The van der Waals surface area contributed by atoms with Gasteiger partial charge in [0.2, 0.25) is 0 Å². The lowest BCUT2D eigenvalue weighted by Gasteiger charge is -2.14. The van der Waals surface area contributed by atoms with Crippen molar-refractivity contribution in [3.05, 3.63) is 64.8 Å². The molecule has 2 aromatic carbocycles. The van der Waals surface area contributed by atoms with Crippen LogP contribution in [-0.4, -0.2) is 9.78 Å². The second-order valence-corrected chi connectivity index (χ2v) is 5.71. The van der Waals surface area contributed by atoms with Crippen molar-refractivity contribution in [3.63, 3.8) is 0 Å². The fraction of sp³-hybridized carbons (Fsp3) is 0.278. The third-order valence-corrected chi connectivity index (χ3v) is 4.21. The molecular weight excluding hydrogens is 258 g/mol. The number of aryl methyl sites for hydroxylation is 3. The zero-order valence-corrected chi connectivity index (χ0v) is 12.8. The van der Waals surface area contributed by atoms with Crippen LogP contribution in [-0.2, 0) is 13.5 Å². The van der Waals surface area contributed by atoms with E-state index in [-0.39, 0.29) is 6.04 Å². The van der Waals surface area contributed by atoms with E-state index in [0.717, 1.165) is 23.0 Å². The Balaban J connectivity index is 2.00. The molecule has 108 valence electrons. The smallest absolute Gasteiger partial charge is 0.0873 e. The highest BCUT2D eigenvalue weighted by Gasteiger charge is 2.17. The van der Waals surface area contributed by atoms with Crippen LogP contribution >= 0.6 is 0 Å². The van der Waals surface area contributed by atoms with Gasteiger partial charge in [0.25, 0.3) is 0 Å². The van der Waals surface area contributed by atoms with E-state index in [1.54, 1.807) is 0 Å². The summed E-state index contributed by atoms with van der Waals surface area (Å²) in [4.78, 5) is 0. The van der Waals surface area contributed by atoms with Crippen molar-refractivity contribution in [2.45, 2.75) is 26.3 Å². The summed E-state index contributed by atoms with van der Waals surface area (Å²) in [6.45, 7) is 4.29. The highest BCUT2D eigenvalue weighted by atomic mass is 15.3. The van der Waals surface area contributed by atoms with Crippen LogP contribution in [0.25, 0.3) is 10.9 Å². The van der Waals surface area contributed by atoms with Gasteiger partial charge in [-0.1, -0.05) is 36.4 Å². The van der Waals surface area contributed by atoms with Crippen molar-refractivity contribution in [1.29, 1.82) is 0 Å². The highest BCUT2D eigenvalue weighted by molar-refractivity contribution is 5.82. The third-order valence-electron chi connectivity index (χ3n) is 4.21. The second kappa shape index (κ2) is 5.34. The van der Waals surface area contributed by atoms with Crippen molar-refractivity contribution in [2.24, 2.45) is 12.8 Å². The van der Waals surface area contributed by atoms with Crippen LogP contribution in [0.1, 0.15) is 28.4 Å². The van der Waals surface area contributed by atoms with Crippen LogP contribution in [0.3, 0.4) is 0 Å². The van der Waals surface area contributed by atoms with Gasteiger partial charge in [0.05, 0.1) is 17.3 Å². The average Bonchev–Trinajstić information content (AvgIpc) is 2.81. The Kier molecular flexibility index (Phi) is 3.52. The van der Waals surface area contributed by atoms with Crippen molar-refractivity contribution >= 4 is 10.9 Å². The van der Waals surface area contributed by atoms with Crippen LogP contribution in [0, 0.1) is 13.8 Å². The molecule has 3 heteroatoms. The Morgan fingerprint density at radius 1 is 1.05 bits per heavy atom. The van der Waals surface area contributed by atoms with E-state index in [0.29, 0.717) is 0 Å². The molecule has 0 aliphatic heterocycles. The minimum absolute atomic E-state index is 0.0871. The van der Waals surface area contributed by atoms with E-state index in [1.807, 2.05) is 23.9 Å². The number of nitrogens with zero attached hydrogens (tertiary/aromatic N) is 2. The first-order valence-electron chi connectivity index (χ1n) is 7.30. The summed E-state index contributed by atoms with van der Waals surface area (Å²) >= 11 is 0. The summed E-state index contributed by atoms with van der Waals surface area (Å²) in [6.07, 6.45) is 0.819. The molecular formula is C18H21N3. The molecule has 0 radical (unpaired) electrons. The second-order valence-electron chi connectivity index (χ2n) is 5.71. The van der Waals surface area contributed by atoms with Crippen molar-refractivity contribution in [1.82, 2.24) is 9.78 Å². The Morgan fingerprint density at radius 2 is 1.71 bits per heavy atom. The van der Waals surface area contributed by atoms with Gasteiger partial charge in [-0.25, -0.2) is 0 Å². The summed E-state index contributed by atoms with van der Waals surface area (Å²) in [5, 5.41) is 5.79. The number of nitrogens with two attached hydrogens (primary N) is 1. The van der Waals surface area contributed by atoms with E-state index in [1.165, 1.54) is 16.7 Å². The van der Waals surface area contributed by atoms with E-state index < -0.39 is 0 Å². The first kappa shape index (κ1) is 13.8. The number of benzene rings is 2. The molecule has 3 rings (SSSR count). The summed E-state index contributed by atoms with van der Waals surface area (Å²) in [6, 6.07) is 14.5. The van der Waals surface area contributed by atoms with Gasteiger partial charge in [-0.3, -0.25) is 4.68 Å². The first-order valence-corrected chi connectivity index (χ1v) is 7.30. The normalized spacial score (nSPS) is 12.8. The Morgan fingerprint density at radius 3 is 2.43 bits per heavy atom. The monoisotopic (exact) mass is 279 g/mol. The summed E-state index contributed by atoms with van der Waals surface area (Å²) in [7, 11) is 1.97. The van der Waals surface area contributed by atoms with Gasteiger partial charge in [0.1, 0.15) is 0 Å². The largest absolute Gasteiger partial charge is 0.322 e. The first-order chi connectivity index (χ1) is 10.1. The van der Waals surface area contributed by atoms with Crippen LogP contribution in [0.2, 0.25) is 0 Å². The molecule has 0 spiro atoms. The minimum Gasteiger partial charge on any atom is -0.322 e. The van der Waals surface area contributed by atoms with Crippen molar-refractivity contribution in [3.8, 4) is 0 Å². The van der Waals surface area contributed by atoms with Crippen molar-refractivity contribution < 1.29 is 0 Å². The predicted octanol–water partition coefficient (Wildman–Crippen LogP) is 3.43. The molecule has 1 unspecified atom stereocenters. The van der Waals surface area contributed by atoms with Crippen LogP contribution < -0.4 is 5.73 Å². The van der Waals surface area contributed by atoms with E-state index in [2.05, 4.69) is 49.3 Å². The molecule has 1 aromatic heterocycles. The molecule has 0 amide bonds. The lowest BCUT2D eigenvalue weighted by Crippen LogP contribution is -2.16. The summed E-state index contributed by atoms with van der Waals surface area (Å²) in [5.74, 6) is 0. The molecule has 0 fully saturated rings. The fourth-order valence-corrected chi connectivity index (χ4v) is 3.00. The van der Waals surface area contributed by atoms with Gasteiger partial charge < -0.3 is 5.73 Å². The molecule has 0 aliphatic carbocycles. The van der Waals surface area contributed by atoms with Gasteiger partial charge in [-0.15, -0.1) is 0 Å². The topological polar surface area (TPSA) is 43.8 Å². The van der Waals surface area contributed by atoms with Crippen LogP contribution in [0.4, 0.5) is 0 Å². The van der Waals surface area contributed by atoms with E-state index in [9.17, 15) is 0 Å². The molecule has 0 saturated carbocycles. The predicted molar refractivity (Wildman–Crippen MR) is 87.3 cm³/mol. The maximum absolute atomic E-state index is 6.47. The van der Waals surface area contributed by atoms with Gasteiger partial charge in [0, 0.05) is 12.4 Å². The zero-order chi connectivity index (χ0) is 15.0. The highest BCUT2D eigenvalue weighted by Crippen LogP contribution is 2.26. The molecule has 0 aliphatic rings. The van der Waals surface area contributed by atoms with Gasteiger partial charge in [-0.2, -0.15) is 5.10 Å². The SMILES string of the molecule is Cc1cccc(C)c1CC(N)c1nn(C)c2ccccc12.